The molecule has 8 heteroatoms. The molecule has 0 atom stereocenters. The van der Waals surface area contributed by atoms with Crippen molar-refractivity contribution in [1.29, 1.82) is 0 Å². The van der Waals surface area contributed by atoms with E-state index in [4.69, 9.17) is 18.9 Å². The van der Waals surface area contributed by atoms with E-state index in [1.807, 2.05) is 12.1 Å². The van der Waals surface area contributed by atoms with E-state index in [-0.39, 0.29) is 39.4 Å². The number of rotatable bonds is 16. The summed E-state index contributed by atoms with van der Waals surface area (Å²) in [7, 11) is 1.09. The molecule has 0 N–H and O–H groups in total. The van der Waals surface area contributed by atoms with Crippen LogP contribution in [0.4, 0.5) is 0 Å². The van der Waals surface area contributed by atoms with Crippen LogP contribution in [0.2, 0.25) is 0 Å². The van der Waals surface area contributed by atoms with Gasteiger partial charge in [-0.2, -0.15) is 0 Å². The Kier molecular flexibility index (Phi) is 11.4. The maximum Gasteiger partial charge on any atom is 0.249 e. The van der Waals surface area contributed by atoms with Crippen molar-refractivity contribution < 1.29 is 33.1 Å². The smallest absolute Gasteiger partial charge is 0.249 e. The minimum atomic E-state index is -4.52. The second-order valence-electron chi connectivity index (χ2n) is 9.48. The third-order valence-electron chi connectivity index (χ3n) is 6.97. The standard InChI is InChI=1S/C32H39O7P/c1-6-7-8-9-10-11-14-23-19-21-24(22-20-23)40(35,31(33)29-25(36-2)15-12-16-26(29)37-3)32(34)30-27(38-4)17-13-18-28(30)39-5/h12-13,15-22H,6-11,14H2,1-5H3. The minimum Gasteiger partial charge on any atom is -0.496 e. The molecular weight excluding hydrogens is 527 g/mol. The molecule has 0 unspecified atom stereocenters. The van der Waals surface area contributed by atoms with Crippen molar-refractivity contribution in [2.45, 2.75) is 51.9 Å². The van der Waals surface area contributed by atoms with Gasteiger partial charge >= 0.3 is 0 Å². The fourth-order valence-corrected chi connectivity index (χ4v) is 7.04. The fourth-order valence-electron chi connectivity index (χ4n) is 4.75. The molecule has 3 rings (SSSR count). The number of carbonyl (C=O) groups is 2. The van der Waals surface area contributed by atoms with Crippen molar-refractivity contribution in [1.82, 2.24) is 0 Å². The Hall–Kier alpha value is -3.57. The predicted octanol–water partition coefficient (Wildman–Crippen LogP) is 7.29. The first-order valence-corrected chi connectivity index (χ1v) is 15.3. The van der Waals surface area contributed by atoms with Gasteiger partial charge in [0.25, 0.3) is 0 Å². The van der Waals surface area contributed by atoms with Crippen LogP contribution in [0.1, 0.15) is 71.7 Å². The van der Waals surface area contributed by atoms with Gasteiger partial charge in [-0.05, 0) is 42.7 Å². The summed E-state index contributed by atoms with van der Waals surface area (Å²) in [5.41, 5.74) is -0.842. The van der Waals surface area contributed by atoms with Crippen LogP contribution < -0.4 is 24.3 Å². The largest absolute Gasteiger partial charge is 0.496 e. The highest BCUT2D eigenvalue weighted by Gasteiger charge is 2.47. The van der Waals surface area contributed by atoms with E-state index in [0.29, 0.717) is 0 Å². The van der Waals surface area contributed by atoms with E-state index in [1.165, 1.54) is 54.1 Å². The zero-order chi connectivity index (χ0) is 29.1. The molecule has 0 radical (unpaired) electrons. The van der Waals surface area contributed by atoms with E-state index in [9.17, 15) is 9.59 Å². The first-order valence-electron chi connectivity index (χ1n) is 13.6. The molecule has 3 aromatic carbocycles. The van der Waals surface area contributed by atoms with Crippen LogP contribution in [-0.2, 0) is 11.0 Å². The number of methoxy groups -OCH3 is 4. The van der Waals surface area contributed by atoms with Crippen molar-refractivity contribution in [3.8, 4) is 23.0 Å². The van der Waals surface area contributed by atoms with Gasteiger partial charge in [-0.15, -0.1) is 0 Å². The summed E-state index contributed by atoms with van der Waals surface area (Å²) in [6.45, 7) is 2.20. The van der Waals surface area contributed by atoms with Crippen LogP contribution >= 0.6 is 7.14 Å². The van der Waals surface area contributed by atoms with Gasteiger partial charge in [-0.25, -0.2) is 0 Å². The predicted molar refractivity (Wildman–Crippen MR) is 159 cm³/mol. The maximum absolute atomic E-state index is 15.0. The van der Waals surface area contributed by atoms with Crippen molar-refractivity contribution >= 4 is 23.5 Å². The number of carbonyl (C=O) groups excluding carboxylic acids is 2. The Balaban J connectivity index is 2.11. The quantitative estimate of drug-likeness (QED) is 0.133. The molecule has 214 valence electrons. The highest BCUT2D eigenvalue weighted by atomic mass is 31.2. The normalized spacial score (nSPS) is 11.1. The highest BCUT2D eigenvalue weighted by molar-refractivity contribution is 8.01. The molecule has 7 nitrogen and oxygen atoms in total. The lowest BCUT2D eigenvalue weighted by Gasteiger charge is -2.21. The molecule has 3 aromatic rings. The summed E-state index contributed by atoms with van der Waals surface area (Å²) in [6.07, 6.45) is 7.93. The van der Waals surface area contributed by atoms with Crippen LogP contribution in [-0.4, -0.2) is 39.5 Å². The number of benzene rings is 3. The Morgan fingerprint density at radius 1 is 0.600 bits per heavy atom. The van der Waals surface area contributed by atoms with Crippen LogP contribution in [0.15, 0.2) is 60.7 Å². The van der Waals surface area contributed by atoms with E-state index < -0.39 is 18.2 Å². The van der Waals surface area contributed by atoms with E-state index >= 15 is 4.57 Å². The third-order valence-corrected chi connectivity index (χ3v) is 9.59. The minimum absolute atomic E-state index is 0.0609. The summed E-state index contributed by atoms with van der Waals surface area (Å²) in [6, 6.07) is 16.5. The van der Waals surface area contributed by atoms with Gasteiger partial charge in [0.2, 0.25) is 18.2 Å². The second kappa shape index (κ2) is 14.7. The molecule has 0 bridgehead atoms. The topological polar surface area (TPSA) is 88.1 Å². The summed E-state index contributed by atoms with van der Waals surface area (Å²) >= 11 is 0. The van der Waals surface area contributed by atoms with Gasteiger partial charge in [-0.3, -0.25) is 9.59 Å². The molecule has 0 fully saturated rings. The molecular formula is C32H39O7P. The zero-order valence-corrected chi connectivity index (χ0v) is 24.9. The first kappa shape index (κ1) is 31.0. The van der Waals surface area contributed by atoms with Gasteiger partial charge in [0.05, 0.1) is 28.4 Å². The summed E-state index contributed by atoms with van der Waals surface area (Å²) in [4.78, 5) is 28.6. The molecule has 0 saturated carbocycles. The molecule has 0 aromatic heterocycles. The summed E-state index contributed by atoms with van der Waals surface area (Å²) in [5, 5.41) is 0.120. The first-order chi connectivity index (χ1) is 19.4. The summed E-state index contributed by atoms with van der Waals surface area (Å²) in [5.74, 6) is 0.626. The number of unbranched alkanes of at least 4 members (excludes halogenated alkanes) is 5. The molecule has 0 aliphatic heterocycles. The number of hydrogen-bond donors (Lipinski definition) is 0. The van der Waals surface area contributed by atoms with Crippen LogP contribution in [0, 0.1) is 0 Å². The van der Waals surface area contributed by atoms with E-state index in [2.05, 4.69) is 6.92 Å². The van der Waals surface area contributed by atoms with Gasteiger partial charge in [0.1, 0.15) is 34.1 Å². The summed E-state index contributed by atoms with van der Waals surface area (Å²) < 4.78 is 36.8. The van der Waals surface area contributed by atoms with Crippen molar-refractivity contribution in [2.24, 2.45) is 0 Å². The molecule has 0 amide bonds. The molecule has 0 heterocycles. The van der Waals surface area contributed by atoms with E-state index in [0.717, 1.165) is 24.8 Å². The number of ether oxygens (including phenoxy) is 4. The average Bonchev–Trinajstić information content (AvgIpc) is 3.00. The lowest BCUT2D eigenvalue weighted by molar-refractivity contribution is 0.103. The SMILES string of the molecule is CCCCCCCCc1ccc(P(=O)(C(=O)c2c(OC)cccc2OC)C(=O)c2c(OC)cccc2OC)cc1. The average molecular weight is 567 g/mol. The lowest BCUT2D eigenvalue weighted by atomic mass is 10.1. The molecule has 0 aliphatic rings. The highest BCUT2D eigenvalue weighted by Crippen LogP contribution is 2.55. The number of aryl methyl sites for hydroxylation is 1. The van der Waals surface area contributed by atoms with Gasteiger partial charge in [-0.1, -0.05) is 75.4 Å². The van der Waals surface area contributed by atoms with Crippen molar-refractivity contribution in [2.75, 3.05) is 28.4 Å². The fraction of sp³-hybridized carbons (Fsp3) is 0.375. The van der Waals surface area contributed by atoms with Crippen molar-refractivity contribution in [3.05, 3.63) is 77.4 Å². The Labute approximate surface area is 237 Å². The lowest BCUT2D eigenvalue weighted by Crippen LogP contribution is -2.22. The molecule has 0 aliphatic carbocycles. The Morgan fingerprint density at radius 2 is 1.00 bits per heavy atom. The van der Waals surface area contributed by atoms with Crippen LogP contribution in [0.5, 0.6) is 23.0 Å². The third kappa shape index (κ3) is 6.59. The zero-order valence-electron chi connectivity index (χ0n) is 24.0. The van der Waals surface area contributed by atoms with Gasteiger partial charge in [0, 0.05) is 5.30 Å². The number of hydrogen-bond acceptors (Lipinski definition) is 7. The van der Waals surface area contributed by atoms with Crippen LogP contribution in [0.3, 0.4) is 0 Å². The molecule has 0 saturated heterocycles. The van der Waals surface area contributed by atoms with E-state index in [1.54, 1.807) is 48.5 Å². The van der Waals surface area contributed by atoms with Crippen molar-refractivity contribution in [3.63, 3.8) is 0 Å². The molecule has 40 heavy (non-hydrogen) atoms. The Morgan fingerprint density at radius 3 is 1.40 bits per heavy atom. The second-order valence-corrected chi connectivity index (χ2v) is 12.0. The monoisotopic (exact) mass is 566 g/mol. The van der Waals surface area contributed by atoms with Crippen LogP contribution in [0.25, 0.3) is 0 Å². The van der Waals surface area contributed by atoms with Gasteiger partial charge in [0.15, 0.2) is 0 Å². The maximum atomic E-state index is 15.0. The molecule has 0 spiro atoms. The van der Waals surface area contributed by atoms with Gasteiger partial charge < -0.3 is 23.5 Å². The Bertz CT molecular complexity index is 1230.